The van der Waals surface area contributed by atoms with Crippen LogP contribution in [0.25, 0.3) is 0 Å². The Kier molecular flexibility index (Phi) is 9.57. The Hall–Kier alpha value is -2.82. The minimum atomic E-state index is -0.521. The van der Waals surface area contributed by atoms with Gasteiger partial charge in [-0.05, 0) is 62.8 Å². The number of carbonyl (C=O) groups excluding carboxylic acids is 2. The second-order valence-electron chi connectivity index (χ2n) is 8.12. The first-order valence-electron chi connectivity index (χ1n) is 11.2. The second-order valence-corrected chi connectivity index (χ2v) is 8.12. The third-order valence-corrected chi connectivity index (χ3v) is 5.57. The van der Waals surface area contributed by atoms with Gasteiger partial charge in [0, 0.05) is 12.6 Å². The average Bonchev–Trinajstić information content (AvgIpc) is 2.77. The predicted octanol–water partition coefficient (Wildman–Crippen LogP) is 4.45. The van der Waals surface area contributed by atoms with Crippen molar-refractivity contribution in [2.45, 2.75) is 66.0 Å². The van der Waals surface area contributed by atoms with E-state index in [0.29, 0.717) is 25.1 Å². The van der Waals surface area contributed by atoms with E-state index < -0.39 is 6.04 Å². The Morgan fingerprint density at radius 2 is 1.74 bits per heavy atom. The van der Waals surface area contributed by atoms with E-state index >= 15 is 0 Å². The van der Waals surface area contributed by atoms with E-state index in [-0.39, 0.29) is 24.5 Å². The van der Waals surface area contributed by atoms with E-state index in [4.69, 9.17) is 4.74 Å². The Morgan fingerprint density at radius 3 is 2.39 bits per heavy atom. The molecule has 0 heterocycles. The van der Waals surface area contributed by atoms with Crippen molar-refractivity contribution in [3.63, 3.8) is 0 Å². The topological polar surface area (TPSA) is 58.6 Å². The molecule has 0 fully saturated rings. The van der Waals surface area contributed by atoms with E-state index in [9.17, 15) is 9.59 Å². The van der Waals surface area contributed by atoms with Gasteiger partial charge in [-0.15, -0.1) is 0 Å². The minimum Gasteiger partial charge on any atom is -0.483 e. The van der Waals surface area contributed by atoms with Gasteiger partial charge in [-0.25, -0.2) is 0 Å². The number of carbonyl (C=O) groups is 2. The lowest BCUT2D eigenvalue weighted by Gasteiger charge is -2.31. The third kappa shape index (κ3) is 7.42. The smallest absolute Gasteiger partial charge is 0.261 e. The molecule has 0 unspecified atom stereocenters. The molecule has 2 aromatic rings. The van der Waals surface area contributed by atoms with Crippen LogP contribution in [0, 0.1) is 13.8 Å². The summed E-state index contributed by atoms with van der Waals surface area (Å²) in [4.78, 5) is 27.8. The van der Waals surface area contributed by atoms with Crippen molar-refractivity contribution in [3.05, 3.63) is 65.2 Å². The van der Waals surface area contributed by atoms with Crippen LogP contribution in [0.15, 0.2) is 48.5 Å². The molecule has 2 aromatic carbocycles. The standard InChI is InChI=1S/C26H36N2O3/c1-6-21(5)27-26(30)23(7-2)28(16-15-22-11-9-8-10-12-22)25(29)18-31-24-17-19(3)13-14-20(24)4/h8-14,17,21,23H,6-7,15-16,18H2,1-5H3,(H,27,30)/t21-,23-/m1/s1. The fraction of sp³-hybridized carbons (Fsp3) is 0.462. The van der Waals surface area contributed by atoms with Crippen molar-refractivity contribution < 1.29 is 14.3 Å². The monoisotopic (exact) mass is 424 g/mol. The highest BCUT2D eigenvalue weighted by atomic mass is 16.5. The summed E-state index contributed by atoms with van der Waals surface area (Å²) in [7, 11) is 0. The van der Waals surface area contributed by atoms with Gasteiger partial charge in [-0.3, -0.25) is 9.59 Å². The number of hydrogen-bond acceptors (Lipinski definition) is 3. The normalized spacial score (nSPS) is 12.7. The van der Waals surface area contributed by atoms with Crippen LogP contribution >= 0.6 is 0 Å². The zero-order valence-corrected chi connectivity index (χ0v) is 19.5. The average molecular weight is 425 g/mol. The zero-order chi connectivity index (χ0) is 22.8. The summed E-state index contributed by atoms with van der Waals surface area (Å²) in [6, 6.07) is 15.5. The SMILES string of the molecule is CC[C@@H](C)NC(=O)[C@@H](CC)N(CCc1ccccc1)C(=O)COc1cc(C)ccc1C. The maximum atomic E-state index is 13.2. The van der Waals surface area contributed by atoms with Crippen LogP contribution in [-0.4, -0.2) is 41.9 Å². The first kappa shape index (κ1) is 24.4. The van der Waals surface area contributed by atoms with Crippen molar-refractivity contribution in [3.8, 4) is 5.75 Å². The molecule has 168 valence electrons. The van der Waals surface area contributed by atoms with Crippen molar-refractivity contribution in [2.75, 3.05) is 13.2 Å². The summed E-state index contributed by atoms with van der Waals surface area (Å²) in [6.07, 6.45) is 2.07. The Labute approximate surface area is 186 Å². The lowest BCUT2D eigenvalue weighted by molar-refractivity contribution is -0.142. The van der Waals surface area contributed by atoms with Gasteiger partial charge in [-0.1, -0.05) is 56.3 Å². The summed E-state index contributed by atoms with van der Waals surface area (Å²) < 4.78 is 5.87. The van der Waals surface area contributed by atoms with Gasteiger partial charge < -0.3 is 15.0 Å². The first-order valence-corrected chi connectivity index (χ1v) is 11.2. The van der Waals surface area contributed by atoms with Gasteiger partial charge in [0.2, 0.25) is 5.91 Å². The molecule has 5 nitrogen and oxygen atoms in total. The molecule has 0 spiro atoms. The van der Waals surface area contributed by atoms with Crippen LogP contribution in [0.5, 0.6) is 5.75 Å². The molecule has 2 amide bonds. The Morgan fingerprint density at radius 1 is 1.03 bits per heavy atom. The maximum Gasteiger partial charge on any atom is 0.261 e. The number of benzene rings is 2. The molecule has 0 aromatic heterocycles. The second kappa shape index (κ2) is 12.1. The van der Waals surface area contributed by atoms with Crippen molar-refractivity contribution in [2.24, 2.45) is 0 Å². The van der Waals surface area contributed by atoms with Crippen molar-refractivity contribution in [1.82, 2.24) is 10.2 Å². The summed E-state index contributed by atoms with van der Waals surface area (Å²) in [6.45, 7) is 10.3. The van der Waals surface area contributed by atoms with E-state index in [1.54, 1.807) is 4.90 Å². The van der Waals surface area contributed by atoms with Crippen molar-refractivity contribution in [1.29, 1.82) is 0 Å². The number of nitrogens with one attached hydrogen (secondary N) is 1. The summed E-state index contributed by atoms with van der Waals surface area (Å²) >= 11 is 0. The summed E-state index contributed by atoms with van der Waals surface area (Å²) in [5.41, 5.74) is 3.19. The first-order chi connectivity index (χ1) is 14.8. The lowest BCUT2D eigenvalue weighted by atomic mass is 10.1. The van der Waals surface area contributed by atoms with Gasteiger partial charge in [0.1, 0.15) is 11.8 Å². The highest BCUT2D eigenvalue weighted by molar-refractivity contribution is 5.88. The molecule has 0 radical (unpaired) electrons. The Bertz CT molecular complexity index is 851. The van der Waals surface area contributed by atoms with Gasteiger partial charge in [0.25, 0.3) is 5.91 Å². The number of rotatable bonds is 11. The molecule has 31 heavy (non-hydrogen) atoms. The number of nitrogens with zero attached hydrogens (tertiary/aromatic N) is 1. The molecule has 0 aliphatic carbocycles. The molecule has 0 saturated heterocycles. The zero-order valence-electron chi connectivity index (χ0n) is 19.5. The summed E-state index contributed by atoms with van der Waals surface area (Å²) in [5.74, 6) is 0.418. The molecule has 5 heteroatoms. The highest BCUT2D eigenvalue weighted by Gasteiger charge is 2.29. The molecule has 1 N–H and O–H groups in total. The fourth-order valence-electron chi connectivity index (χ4n) is 3.42. The van der Waals surface area contributed by atoms with Crippen molar-refractivity contribution >= 4 is 11.8 Å². The number of aryl methyl sites for hydroxylation is 2. The minimum absolute atomic E-state index is 0.0684. The van der Waals surface area contributed by atoms with E-state index in [2.05, 4.69) is 5.32 Å². The van der Waals surface area contributed by atoms with Crippen LogP contribution in [-0.2, 0) is 16.0 Å². The number of ether oxygens (including phenoxy) is 1. The predicted molar refractivity (Wildman–Crippen MR) is 125 cm³/mol. The molecular formula is C26H36N2O3. The lowest BCUT2D eigenvalue weighted by Crippen LogP contribution is -2.52. The van der Waals surface area contributed by atoms with Crippen LogP contribution in [0.2, 0.25) is 0 Å². The fourth-order valence-corrected chi connectivity index (χ4v) is 3.42. The van der Waals surface area contributed by atoms with Crippen LogP contribution in [0.1, 0.15) is 50.3 Å². The van der Waals surface area contributed by atoms with Gasteiger partial charge in [-0.2, -0.15) is 0 Å². The van der Waals surface area contributed by atoms with E-state index in [0.717, 1.165) is 23.1 Å². The quantitative estimate of drug-likeness (QED) is 0.580. The molecule has 0 aliphatic heterocycles. The maximum absolute atomic E-state index is 13.2. The molecule has 0 saturated carbocycles. The molecule has 0 aliphatic rings. The van der Waals surface area contributed by atoms with Crippen LogP contribution < -0.4 is 10.1 Å². The van der Waals surface area contributed by atoms with Crippen LogP contribution in [0.3, 0.4) is 0 Å². The highest BCUT2D eigenvalue weighted by Crippen LogP contribution is 2.19. The largest absolute Gasteiger partial charge is 0.483 e. The third-order valence-electron chi connectivity index (χ3n) is 5.57. The molecule has 0 bridgehead atoms. The van der Waals surface area contributed by atoms with E-state index in [1.807, 2.05) is 83.1 Å². The Balaban J connectivity index is 2.16. The van der Waals surface area contributed by atoms with Crippen LogP contribution in [0.4, 0.5) is 0 Å². The summed E-state index contributed by atoms with van der Waals surface area (Å²) in [5, 5.41) is 3.03. The number of hydrogen-bond donors (Lipinski definition) is 1. The number of amides is 2. The molecule has 2 rings (SSSR count). The molecule has 2 atom stereocenters. The molecular weight excluding hydrogens is 388 g/mol. The van der Waals surface area contributed by atoms with Gasteiger partial charge >= 0.3 is 0 Å². The van der Waals surface area contributed by atoms with Gasteiger partial charge in [0.15, 0.2) is 6.61 Å². The van der Waals surface area contributed by atoms with Gasteiger partial charge in [0.05, 0.1) is 0 Å². The van der Waals surface area contributed by atoms with E-state index in [1.165, 1.54) is 0 Å².